The van der Waals surface area contributed by atoms with Gasteiger partial charge in [-0.15, -0.1) is 10.2 Å². The predicted molar refractivity (Wildman–Crippen MR) is 69.8 cm³/mol. The van der Waals surface area contributed by atoms with E-state index in [4.69, 9.17) is 9.15 Å². The molecule has 3 rings (SSSR count). The van der Waals surface area contributed by atoms with Gasteiger partial charge >= 0.3 is 0 Å². The van der Waals surface area contributed by atoms with Gasteiger partial charge < -0.3 is 14.1 Å². The Hall–Kier alpha value is -0.980. The summed E-state index contributed by atoms with van der Waals surface area (Å²) in [5, 5.41) is 8.28. The molecular formula is C13H22N4O2. The van der Waals surface area contributed by atoms with Crippen molar-refractivity contribution in [3.8, 4) is 0 Å². The second-order valence-corrected chi connectivity index (χ2v) is 5.80. The van der Waals surface area contributed by atoms with Crippen LogP contribution in [0.2, 0.25) is 0 Å². The minimum atomic E-state index is 0.273. The maximum Gasteiger partial charge on any atom is 0.230 e. The van der Waals surface area contributed by atoms with E-state index in [1.54, 1.807) is 0 Å². The molecule has 2 aliphatic rings. The average Bonchev–Trinajstić information content (AvgIpc) is 3.10. The summed E-state index contributed by atoms with van der Waals surface area (Å²) >= 11 is 0. The lowest BCUT2D eigenvalue weighted by Crippen LogP contribution is -2.46. The molecule has 1 saturated heterocycles. The average molecular weight is 266 g/mol. The molecule has 0 unspecified atom stereocenters. The largest absolute Gasteiger partial charge is 0.424 e. The van der Waals surface area contributed by atoms with E-state index in [-0.39, 0.29) is 6.10 Å². The summed E-state index contributed by atoms with van der Waals surface area (Å²) in [4.78, 5) is 4.49. The number of nitrogens with zero attached hydrogens (tertiary/aromatic N) is 4. The number of morpholine rings is 1. The lowest BCUT2D eigenvalue weighted by Gasteiger charge is -2.33. The summed E-state index contributed by atoms with van der Waals surface area (Å²) < 4.78 is 11.5. The molecule has 0 N–H and O–H groups in total. The summed E-state index contributed by atoms with van der Waals surface area (Å²) in [6.45, 7) is 4.34. The third-order valence-corrected chi connectivity index (χ3v) is 3.56. The standard InChI is InChI=1S/C13H22N4O2/c1-16(2)7-11-8-17(5-6-18-11)9-12-14-15-13(19-12)10-3-4-10/h10-11H,3-9H2,1-2H3/t11-/m0/s1. The van der Waals surface area contributed by atoms with E-state index in [0.717, 1.165) is 44.6 Å². The zero-order chi connectivity index (χ0) is 13.2. The van der Waals surface area contributed by atoms with Crippen molar-refractivity contribution in [2.24, 2.45) is 0 Å². The SMILES string of the molecule is CN(C)C[C@H]1CN(Cc2nnc(C3CC3)o2)CCO1. The Bertz CT molecular complexity index is 417. The first kappa shape index (κ1) is 13.0. The molecule has 1 aromatic rings. The van der Waals surface area contributed by atoms with Gasteiger partial charge in [-0.1, -0.05) is 0 Å². The predicted octanol–water partition coefficient (Wildman–Crippen LogP) is 0.709. The van der Waals surface area contributed by atoms with E-state index in [1.165, 1.54) is 12.8 Å². The number of hydrogen-bond donors (Lipinski definition) is 0. The zero-order valence-electron chi connectivity index (χ0n) is 11.7. The van der Waals surface area contributed by atoms with Crippen molar-refractivity contribution >= 4 is 0 Å². The maximum atomic E-state index is 5.76. The summed E-state index contributed by atoms with van der Waals surface area (Å²) in [5.74, 6) is 2.10. The van der Waals surface area contributed by atoms with Crippen LogP contribution in [0.15, 0.2) is 4.42 Å². The fourth-order valence-electron chi connectivity index (χ4n) is 2.46. The molecule has 1 aliphatic heterocycles. The molecule has 6 heteroatoms. The molecule has 0 amide bonds. The molecule has 1 saturated carbocycles. The van der Waals surface area contributed by atoms with Crippen molar-refractivity contribution in [1.29, 1.82) is 0 Å². The second-order valence-electron chi connectivity index (χ2n) is 5.80. The van der Waals surface area contributed by atoms with Crippen molar-refractivity contribution in [2.45, 2.75) is 31.4 Å². The fraction of sp³-hybridized carbons (Fsp3) is 0.846. The molecular weight excluding hydrogens is 244 g/mol. The van der Waals surface area contributed by atoms with E-state index in [1.807, 2.05) is 0 Å². The number of hydrogen-bond acceptors (Lipinski definition) is 6. The van der Waals surface area contributed by atoms with Crippen LogP contribution in [0.25, 0.3) is 0 Å². The van der Waals surface area contributed by atoms with Crippen molar-refractivity contribution in [3.05, 3.63) is 11.8 Å². The van der Waals surface area contributed by atoms with E-state index in [2.05, 4.69) is 34.1 Å². The Balaban J connectivity index is 1.53. The van der Waals surface area contributed by atoms with Gasteiger partial charge in [0.2, 0.25) is 11.8 Å². The molecule has 0 aromatic carbocycles. The lowest BCUT2D eigenvalue weighted by atomic mass is 10.2. The number of rotatable bonds is 5. The molecule has 19 heavy (non-hydrogen) atoms. The van der Waals surface area contributed by atoms with Gasteiger partial charge in [0.15, 0.2) is 0 Å². The molecule has 2 heterocycles. The first-order valence-electron chi connectivity index (χ1n) is 7.01. The van der Waals surface area contributed by atoms with E-state index in [0.29, 0.717) is 5.92 Å². The minimum Gasteiger partial charge on any atom is -0.424 e. The first-order chi connectivity index (χ1) is 9.20. The van der Waals surface area contributed by atoms with Gasteiger partial charge in [-0.05, 0) is 26.9 Å². The van der Waals surface area contributed by atoms with Gasteiger partial charge in [0.05, 0.1) is 19.3 Å². The molecule has 0 bridgehead atoms. The smallest absolute Gasteiger partial charge is 0.230 e. The molecule has 6 nitrogen and oxygen atoms in total. The maximum absolute atomic E-state index is 5.76. The van der Waals surface area contributed by atoms with Crippen LogP contribution in [0.4, 0.5) is 0 Å². The Morgan fingerprint density at radius 1 is 1.32 bits per heavy atom. The molecule has 0 radical (unpaired) electrons. The molecule has 1 aliphatic carbocycles. The third-order valence-electron chi connectivity index (χ3n) is 3.56. The van der Waals surface area contributed by atoms with Crippen LogP contribution in [-0.2, 0) is 11.3 Å². The fourth-order valence-corrected chi connectivity index (χ4v) is 2.46. The van der Waals surface area contributed by atoms with E-state index < -0.39 is 0 Å². The van der Waals surface area contributed by atoms with Crippen molar-refractivity contribution in [3.63, 3.8) is 0 Å². The number of aromatic nitrogens is 2. The van der Waals surface area contributed by atoms with Gasteiger partial charge in [-0.3, -0.25) is 4.90 Å². The molecule has 1 aromatic heterocycles. The zero-order valence-corrected chi connectivity index (χ0v) is 11.7. The minimum absolute atomic E-state index is 0.273. The Labute approximate surface area is 113 Å². The Morgan fingerprint density at radius 3 is 2.89 bits per heavy atom. The molecule has 1 atom stereocenters. The normalized spacial score (nSPS) is 25.1. The summed E-state index contributed by atoms with van der Waals surface area (Å²) in [6, 6.07) is 0. The van der Waals surface area contributed by atoms with Crippen LogP contribution in [0.3, 0.4) is 0 Å². The highest BCUT2D eigenvalue weighted by atomic mass is 16.5. The lowest BCUT2D eigenvalue weighted by molar-refractivity contribution is -0.0427. The van der Waals surface area contributed by atoms with Crippen LogP contribution in [-0.4, -0.2) is 66.4 Å². The quantitative estimate of drug-likeness (QED) is 0.782. The summed E-state index contributed by atoms with van der Waals surface area (Å²) in [6.07, 6.45) is 2.67. The van der Waals surface area contributed by atoms with Gasteiger partial charge in [0.25, 0.3) is 0 Å². The van der Waals surface area contributed by atoms with Crippen molar-refractivity contribution in [1.82, 2.24) is 20.0 Å². The van der Waals surface area contributed by atoms with Gasteiger partial charge in [0, 0.05) is 25.6 Å². The first-order valence-corrected chi connectivity index (χ1v) is 7.01. The monoisotopic (exact) mass is 266 g/mol. The highest BCUT2D eigenvalue weighted by Gasteiger charge is 2.30. The number of likely N-dealkylation sites (N-methyl/N-ethyl adjacent to an activating group) is 1. The third kappa shape index (κ3) is 3.52. The van der Waals surface area contributed by atoms with Gasteiger partial charge in [0.1, 0.15) is 0 Å². The molecule has 106 valence electrons. The highest BCUT2D eigenvalue weighted by molar-refractivity contribution is 5.00. The van der Waals surface area contributed by atoms with Crippen LogP contribution in [0.1, 0.15) is 30.5 Å². The number of ether oxygens (including phenoxy) is 1. The Kier molecular flexibility index (Phi) is 3.81. The molecule has 2 fully saturated rings. The summed E-state index contributed by atoms with van der Waals surface area (Å²) in [7, 11) is 4.14. The second kappa shape index (κ2) is 5.56. The van der Waals surface area contributed by atoms with Gasteiger partial charge in [-0.25, -0.2) is 0 Å². The van der Waals surface area contributed by atoms with E-state index in [9.17, 15) is 0 Å². The van der Waals surface area contributed by atoms with Gasteiger partial charge in [-0.2, -0.15) is 0 Å². The Morgan fingerprint density at radius 2 is 2.16 bits per heavy atom. The molecule has 0 spiro atoms. The topological polar surface area (TPSA) is 54.6 Å². The van der Waals surface area contributed by atoms with Crippen LogP contribution in [0, 0.1) is 0 Å². The van der Waals surface area contributed by atoms with Crippen molar-refractivity contribution < 1.29 is 9.15 Å². The van der Waals surface area contributed by atoms with Crippen LogP contribution in [0.5, 0.6) is 0 Å². The highest BCUT2D eigenvalue weighted by Crippen LogP contribution is 2.39. The van der Waals surface area contributed by atoms with Crippen LogP contribution >= 0.6 is 0 Å². The van der Waals surface area contributed by atoms with Crippen LogP contribution < -0.4 is 0 Å². The van der Waals surface area contributed by atoms with Crippen molar-refractivity contribution in [2.75, 3.05) is 40.3 Å². The summed E-state index contributed by atoms with van der Waals surface area (Å²) in [5.41, 5.74) is 0. The van der Waals surface area contributed by atoms with E-state index >= 15 is 0 Å².